The number of rotatable bonds is 1. The van der Waals surface area contributed by atoms with Crippen molar-refractivity contribution in [1.29, 1.82) is 0 Å². The average Bonchev–Trinajstić information content (AvgIpc) is 2.36. The second kappa shape index (κ2) is 8.15. The number of nitrogens with one attached hydrogen (secondary N) is 1. The Bertz CT molecular complexity index is 366. The van der Waals surface area contributed by atoms with Gasteiger partial charge in [0.1, 0.15) is 0 Å². The molecular formula is C13H20Br2N2O. The minimum atomic E-state index is -0.0189. The maximum Gasteiger partial charge on any atom is 0.0541 e. The van der Waals surface area contributed by atoms with Gasteiger partial charge in [0.05, 0.1) is 6.10 Å². The number of hydrogen-bond acceptors (Lipinski definition) is 3. The summed E-state index contributed by atoms with van der Waals surface area (Å²) in [7, 11) is 1.99. The molecule has 18 heavy (non-hydrogen) atoms. The Hall–Kier alpha value is -0.100. The lowest BCUT2D eigenvalue weighted by Gasteiger charge is -2.24. The van der Waals surface area contributed by atoms with Crippen molar-refractivity contribution in [3.63, 3.8) is 0 Å². The van der Waals surface area contributed by atoms with E-state index in [1.807, 2.05) is 25.2 Å². The third kappa shape index (κ3) is 5.69. The maximum absolute atomic E-state index is 9.09. The predicted molar refractivity (Wildman–Crippen MR) is 83.6 cm³/mol. The van der Waals surface area contributed by atoms with E-state index in [1.54, 1.807) is 0 Å². The van der Waals surface area contributed by atoms with Gasteiger partial charge in [-0.1, -0.05) is 15.9 Å². The molecule has 0 aliphatic heterocycles. The first-order chi connectivity index (χ1) is 8.52. The summed E-state index contributed by atoms with van der Waals surface area (Å²) in [5.41, 5.74) is 6.28. The number of aliphatic hydroxyl groups is 1. The third-order valence-electron chi connectivity index (χ3n) is 3.07. The molecule has 0 aromatic heterocycles. The molecule has 0 spiro atoms. The number of aliphatic hydroxyl groups excluding tert-OH is 1. The fourth-order valence-corrected chi connectivity index (χ4v) is 2.91. The minimum absolute atomic E-state index is 0.0189. The molecule has 4 N–H and O–H groups in total. The Morgan fingerprint density at radius 3 is 2.28 bits per heavy atom. The summed E-state index contributed by atoms with van der Waals surface area (Å²) in [6.07, 6.45) is 4.21. The zero-order valence-corrected chi connectivity index (χ0v) is 13.7. The Morgan fingerprint density at radius 2 is 1.83 bits per heavy atom. The van der Waals surface area contributed by atoms with Crippen molar-refractivity contribution in [3.05, 3.63) is 27.1 Å². The number of halogens is 2. The fraction of sp³-hybridized carbons (Fsp3) is 0.538. The number of nitrogens with two attached hydrogens (primary N) is 1. The minimum Gasteiger partial charge on any atom is -0.398 e. The van der Waals surface area contributed by atoms with Crippen molar-refractivity contribution in [2.75, 3.05) is 12.8 Å². The first kappa shape index (κ1) is 16.0. The van der Waals surface area contributed by atoms with Crippen LogP contribution >= 0.6 is 31.9 Å². The van der Waals surface area contributed by atoms with Gasteiger partial charge in [0.25, 0.3) is 0 Å². The van der Waals surface area contributed by atoms with Crippen molar-refractivity contribution < 1.29 is 5.11 Å². The predicted octanol–water partition coefficient (Wildman–Crippen LogP) is 3.30. The molecule has 102 valence electrons. The van der Waals surface area contributed by atoms with Crippen molar-refractivity contribution >= 4 is 37.5 Å². The average molecular weight is 380 g/mol. The lowest BCUT2D eigenvalue weighted by Crippen LogP contribution is -2.31. The van der Waals surface area contributed by atoms with Crippen LogP contribution in [0, 0.1) is 0 Å². The molecule has 3 nitrogen and oxygen atoms in total. The second-order valence-electron chi connectivity index (χ2n) is 4.46. The van der Waals surface area contributed by atoms with Gasteiger partial charge in [0.15, 0.2) is 0 Å². The highest BCUT2D eigenvalue weighted by molar-refractivity contribution is 9.11. The third-order valence-corrected chi connectivity index (χ3v) is 4.25. The zero-order valence-electron chi connectivity index (χ0n) is 10.5. The Kier molecular flexibility index (Phi) is 7.22. The molecule has 0 bridgehead atoms. The molecular weight excluding hydrogens is 360 g/mol. The van der Waals surface area contributed by atoms with Gasteiger partial charge in [0.2, 0.25) is 0 Å². The highest BCUT2D eigenvalue weighted by Crippen LogP contribution is 2.23. The van der Waals surface area contributed by atoms with Crippen molar-refractivity contribution in [1.82, 2.24) is 5.32 Å². The smallest absolute Gasteiger partial charge is 0.0541 e. The van der Waals surface area contributed by atoms with Gasteiger partial charge >= 0.3 is 0 Å². The molecule has 2 rings (SSSR count). The normalized spacial score (nSPS) is 23.1. The molecule has 1 saturated carbocycles. The van der Waals surface area contributed by atoms with E-state index in [-0.39, 0.29) is 6.10 Å². The standard InChI is InChI=1S/C7H15NO.C6H5Br2N/c1-8-6-2-4-7(9)5-3-6;7-4-1-2-6(9)5(8)3-4/h6-9H,2-5H2,1H3;1-3H,9H2. The summed E-state index contributed by atoms with van der Waals surface area (Å²) in [5.74, 6) is 0. The second-order valence-corrected chi connectivity index (χ2v) is 6.23. The van der Waals surface area contributed by atoms with Crippen LogP contribution in [0.5, 0.6) is 0 Å². The molecule has 0 unspecified atom stereocenters. The highest BCUT2D eigenvalue weighted by Gasteiger charge is 2.16. The summed E-state index contributed by atoms with van der Waals surface area (Å²) >= 11 is 6.60. The molecule has 0 saturated heterocycles. The fourth-order valence-electron chi connectivity index (χ4n) is 1.87. The summed E-state index contributed by atoms with van der Waals surface area (Å²) in [6, 6.07) is 6.32. The van der Waals surface area contributed by atoms with Gasteiger partial charge in [-0.05, 0) is 66.9 Å². The number of benzene rings is 1. The molecule has 1 aromatic rings. The molecule has 1 aromatic carbocycles. The van der Waals surface area contributed by atoms with E-state index in [0.29, 0.717) is 6.04 Å². The SMILES string of the molecule is CNC1CCC(O)CC1.Nc1ccc(Br)cc1Br. The number of nitrogen functional groups attached to an aromatic ring is 1. The van der Waals surface area contributed by atoms with E-state index in [1.165, 1.54) is 0 Å². The lowest BCUT2D eigenvalue weighted by atomic mass is 9.93. The van der Waals surface area contributed by atoms with Gasteiger partial charge < -0.3 is 16.2 Å². The van der Waals surface area contributed by atoms with Crippen LogP contribution in [-0.4, -0.2) is 24.3 Å². The van der Waals surface area contributed by atoms with E-state index in [2.05, 4.69) is 37.2 Å². The Morgan fingerprint density at radius 1 is 1.22 bits per heavy atom. The van der Waals surface area contributed by atoms with Crippen LogP contribution in [0.3, 0.4) is 0 Å². The molecule has 0 amide bonds. The van der Waals surface area contributed by atoms with Gasteiger partial charge in [-0.3, -0.25) is 0 Å². The number of hydrogen-bond donors (Lipinski definition) is 3. The largest absolute Gasteiger partial charge is 0.398 e. The molecule has 1 aliphatic carbocycles. The first-order valence-corrected chi connectivity index (χ1v) is 7.67. The van der Waals surface area contributed by atoms with Crippen LogP contribution in [0.1, 0.15) is 25.7 Å². The van der Waals surface area contributed by atoms with Crippen molar-refractivity contribution in [2.24, 2.45) is 0 Å². The van der Waals surface area contributed by atoms with E-state index in [4.69, 9.17) is 10.8 Å². The van der Waals surface area contributed by atoms with Crippen molar-refractivity contribution in [2.45, 2.75) is 37.8 Å². The van der Waals surface area contributed by atoms with Gasteiger partial charge in [-0.15, -0.1) is 0 Å². The van der Waals surface area contributed by atoms with Crippen LogP contribution in [-0.2, 0) is 0 Å². The van der Waals surface area contributed by atoms with Crippen LogP contribution in [0.4, 0.5) is 5.69 Å². The van der Waals surface area contributed by atoms with Crippen LogP contribution < -0.4 is 11.1 Å². The maximum atomic E-state index is 9.09. The quantitative estimate of drug-likeness (QED) is 0.656. The van der Waals surface area contributed by atoms with E-state index in [0.717, 1.165) is 40.3 Å². The summed E-state index contributed by atoms with van der Waals surface area (Å²) in [4.78, 5) is 0. The summed E-state index contributed by atoms with van der Waals surface area (Å²) < 4.78 is 1.96. The van der Waals surface area contributed by atoms with Crippen LogP contribution in [0.15, 0.2) is 27.1 Å². The molecule has 0 heterocycles. The lowest BCUT2D eigenvalue weighted by molar-refractivity contribution is 0.118. The topological polar surface area (TPSA) is 58.3 Å². The monoisotopic (exact) mass is 378 g/mol. The molecule has 0 atom stereocenters. The van der Waals surface area contributed by atoms with Gasteiger partial charge in [0, 0.05) is 20.7 Å². The summed E-state index contributed by atoms with van der Waals surface area (Å²) in [6.45, 7) is 0. The highest BCUT2D eigenvalue weighted by atomic mass is 79.9. The van der Waals surface area contributed by atoms with Crippen LogP contribution in [0.2, 0.25) is 0 Å². The van der Waals surface area contributed by atoms with Gasteiger partial charge in [-0.25, -0.2) is 0 Å². The van der Waals surface area contributed by atoms with E-state index >= 15 is 0 Å². The Labute approximate surface area is 125 Å². The number of anilines is 1. The van der Waals surface area contributed by atoms with Gasteiger partial charge in [-0.2, -0.15) is 0 Å². The van der Waals surface area contributed by atoms with E-state index in [9.17, 15) is 0 Å². The summed E-state index contributed by atoms with van der Waals surface area (Å²) in [5, 5.41) is 12.3. The molecule has 0 radical (unpaired) electrons. The van der Waals surface area contributed by atoms with Crippen molar-refractivity contribution in [3.8, 4) is 0 Å². The van der Waals surface area contributed by atoms with E-state index < -0.39 is 0 Å². The molecule has 5 heteroatoms. The first-order valence-electron chi connectivity index (χ1n) is 6.08. The molecule has 1 aliphatic rings. The Balaban J connectivity index is 0.000000180. The molecule has 1 fully saturated rings. The van der Waals surface area contributed by atoms with Crippen LogP contribution in [0.25, 0.3) is 0 Å². The zero-order chi connectivity index (χ0) is 13.5.